The van der Waals surface area contributed by atoms with Gasteiger partial charge in [-0.05, 0) is 49.9 Å². The summed E-state index contributed by atoms with van der Waals surface area (Å²) in [6.45, 7) is 13.1. The number of allylic oxidation sites excluding steroid dienone is 5. The summed E-state index contributed by atoms with van der Waals surface area (Å²) in [5, 5.41) is 15.8. The Kier molecular flexibility index (Phi) is 4.90. The lowest BCUT2D eigenvalue weighted by molar-refractivity contribution is 0.307. The highest BCUT2D eigenvalue weighted by Gasteiger charge is 2.31. The van der Waals surface area contributed by atoms with Gasteiger partial charge in [0.05, 0.1) is 0 Å². The van der Waals surface area contributed by atoms with Gasteiger partial charge in [0.1, 0.15) is 10.7 Å². The predicted octanol–water partition coefficient (Wildman–Crippen LogP) is 5.63. The topological polar surface area (TPSA) is 43.6 Å². The maximum Gasteiger partial charge on any atom is 0.168 e. The Hall–Kier alpha value is -2.01. The van der Waals surface area contributed by atoms with Gasteiger partial charge in [0.15, 0.2) is 5.01 Å². The normalized spacial score (nSPS) is 23.8. The van der Waals surface area contributed by atoms with Gasteiger partial charge in [-0.2, -0.15) is 5.10 Å². The van der Waals surface area contributed by atoms with Crippen molar-refractivity contribution >= 4 is 16.9 Å². The third-order valence-corrected chi connectivity index (χ3v) is 7.29. The van der Waals surface area contributed by atoms with Crippen molar-refractivity contribution in [3.8, 4) is 10.7 Å². The van der Waals surface area contributed by atoms with Gasteiger partial charge < -0.3 is 0 Å². The summed E-state index contributed by atoms with van der Waals surface area (Å²) in [6.07, 6.45) is 11.0. The van der Waals surface area contributed by atoms with E-state index >= 15 is 0 Å². The summed E-state index contributed by atoms with van der Waals surface area (Å²) in [5.74, 6) is 1.02. The lowest BCUT2D eigenvalue weighted by Crippen LogP contribution is -2.23. The van der Waals surface area contributed by atoms with Crippen LogP contribution in [0.1, 0.15) is 56.8 Å². The Morgan fingerprint density at radius 2 is 2.07 bits per heavy atom. The van der Waals surface area contributed by atoms with Gasteiger partial charge in [0, 0.05) is 23.9 Å². The fraction of sp³-hybridized carbons (Fsp3) is 0.522. The average molecular weight is 395 g/mol. The monoisotopic (exact) mass is 394 g/mol. The molecule has 4 nitrogen and oxygen atoms in total. The lowest BCUT2D eigenvalue weighted by atomic mass is 9.76. The standard InChI is InChI=1S/C23H30N4S/c1-7-8-17-14(2)11-16(12-15(17)3)21-24-25-22(28-21)20-18-9-10-23(4,5)13-19(18)27(6)26-20/h7,11-12,14,17H,1,8-10,13H2,2-6H3. The first-order chi connectivity index (χ1) is 13.3. The van der Waals surface area contributed by atoms with Crippen molar-refractivity contribution in [3.05, 3.63) is 46.6 Å². The Morgan fingerprint density at radius 3 is 2.79 bits per heavy atom. The highest BCUT2D eigenvalue weighted by Crippen LogP contribution is 2.41. The quantitative estimate of drug-likeness (QED) is 0.632. The fourth-order valence-corrected chi connectivity index (χ4v) is 5.48. The Balaban J connectivity index is 1.65. The third-order valence-electron chi connectivity index (χ3n) is 6.31. The molecule has 2 aromatic heterocycles. The van der Waals surface area contributed by atoms with E-state index in [-0.39, 0.29) is 0 Å². The number of hydrogen-bond donors (Lipinski definition) is 0. The molecule has 148 valence electrons. The van der Waals surface area contributed by atoms with Gasteiger partial charge >= 0.3 is 0 Å². The van der Waals surface area contributed by atoms with Gasteiger partial charge in [-0.1, -0.05) is 55.9 Å². The third kappa shape index (κ3) is 3.41. The molecule has 5 heteroatoms. The van der Waals surface area contributed by atoms with Crippen LogP contribution in [-0.4, -0.2) is 20.0 Å². The fourth-order valence-electron chi connectivity index (χ4n) is 4.63. The minimum atomic E-state index is 0.345. The van der Waals surface area contributed by atoms with Gasteiger partial charge in [0.25, 0.3) is 0 Å². The molecule has 0 radical (unpaired) electrons. The van der Waals surface area contributed by atoms with Gasteiger partial charge in [-0.3, -0.25) is 4.68 Å². The molecule has 0 spiro atoms. The number of rotatable bonds is 4. The zero-order valence-electron chi connectivity index (χ0n) is 17.6. The number of nitrogens with zero attached hydrogens (tertiary/aromatic N) is 4. The largest absolute Gasteiger partial charge is 0.272 e. The van der Waals surface area contributed by atoms with E-state index < -0.39 is 0 Å². The van der Waals surface area contributed by atoms with Crippen LogP contribution < -0.4 is 0 Å². The molecule has 4 rings (SSSR count). The summed E-state index contributed by atoms with van der Waals surface area (Å²) in [5.41, 5.74) is 6.70. The second kappa shape index (κ2) is 7.11. The van der Waals surface area contributed by atoms with Crippen molar-refractivity contribution in [2.45, 2.75) is 53.4 Å². The Bertz CT molecular complexity index is 973. The second-order valence-electron chi connectivity index (χ2n) is 9.15. The number of fused-ring (bicyclic) bond motifs is 1. The van der Waals surface area contributed by atoms with Crippen LogP contribution in [0.5, 0.6) is 0 Å². The van der Waals surface area contributed by atoms with Crippen LogP contribution in [0.2, 0.25) is 0 Å². The molecule has 2 aliphatic carbocycles. The van der Waals surface area contributed by atoms with E-state index in [4.69, 9.17) is 5.10 Å². The minimum Gasteiger partial charge on any atom is -0.272 e. The highest BCUT2D eigenvalue weighted by atomic mass is 32.1. The van der Waals surface area contributed by atoms with Crippen LogP contribution >= 0.6 is 11.3 Å². The molecule has 0 fully saturated rings. The maximum atomic E-state index is 4.83. The molecule has 0 aliphatic heterocycles. The SMILES string of the molecule is C=CCC1C(C)=CC(c2nnc(-c3nn(C)c4c3CCC(C)(C)C4)s2)=CC1C. The zero-order valence-corrected chi connectivity index (χ0v) is 18.4. The van der Waals surface area contributed by atoms with Crippen molar-refractivity contribution in [2.24, 2.45) is 24.3 Å². The first kappa shape index (κ1) is 19.3. The second-order valence-corrected chi connectivity index (χ2v) is 10.1. The summed E-state index contributed by atoms with van der Waals surface area (Å²) in [7, 11) is 2.06. The first-order valence-corrected chi connectivity index (χ1v) is 11.0. The maximum absolute atomic E-state index is 4.83. The van der Waals surface area contributed by atoms with E-state index in [9.17, 15) is 0 Å². The minimum absolute atomic E-state index is 0.345. The van der Waals surface area contributed by atoms with Crippen LogP contribution in [-0.2, 0) is 19.9 Å². The van der Waals surface area contributed by atoms with Crippen molar-refractivity contribution < 1.29 is 0 Å². The molecule has 0 N–H and O–H groups in total. The van der Waals surface area contributed by atoms with E-state index in [2.05, 4.69) is 68.4 Å². The molecule has 2 atom stereocenters. The smallest absolute Gasteiger partial charge is 0.168 e. The number of aryl methyl sites for hydroxylation is 1. The molecule has 2 aromatic rings. The molecule has 0 saturated heterocycles. The van der Waals surface area contributed by atoms with Crippen LogP contribution in [0.15, 0.2) is 30.4 Å². The molecular weight excluding hydrogens is 364 g/mol. The number of aromatic nitrogens is 4. The molecule has 2 unspecified atom stereocenters. The average Bonchev–Trinajstić information content (AvgIpc) is 3.22. The summed E-state index contributed by atoms with van der Waals surface area (Å²) in [4.78, 5) is 0. The van der Waals surface area contributed by atoms with Gasteiger partial charge in [-0.25, -0.2) is 0 Å². The van der Waals surface area contributed by atoms with E-state index in [1.54, 1.807) is 11.3 Å². The van der Waals surface area contributed by atoms with E-state index in [1.165, 1.54) is 28.8 Å². The summed E-state index contributed by atoms with van der Waals surface area (Å²) >= 11 is 1.67. The van der Waals surface area contributed by atoms with Crippen LogP contribution in [0.25, 0.3) is 16.3 Å². The van der Waals surface area contributed by atoms with E-state index in [0.29, 0.717) is 17.3 Å². The van der Waals surface area contributed by atoms with Crippen molar-refractivity contribution in [1.29, 1.82) is 0 Å². The highest BCUT2D eigenvalue weighted by molar-refractivity contribution is 7.15. The number of hydrogen-bond acceptors (Lipinski definition) is 4. The summed E-state index contributed by atoms with van der Waals surface area (Å²) < 4.78 is 2.05. The van der Waals surface area contributed by atoms with E-state index in [0.717, 1.165) is 35.0 Å². The molecule has 28 heavy (non-hydrogen) atoms. The molecule has 2 heterocycles. The Labute approximate surface area is 172 Å². The van der Waals surface area contributed by atoms with E-state index in [1.807, 2.05) is 6.08 Å². The first-order valence-electron chi connectivity index (χ1n) is 10.2. The van der Waals surface area contributed by atoms with Crippen LogP contribution in [0.4, 0.5) is 0 Å². The molecule has 0 saturated carbocycles. The van der Waals surface area contributed by atoms with Crippen molar-refractivity contribution in [2.75, 3.05) is 0 Å². The Morgan fingerprint density at radius 1 is 1.32 bits per heavy atom. The zero-order chi connectivity index (χ0) is 20.1. The molecule has 0 amide bonds. The molecule has 2 aliphatic rings. The van der Waals surface area contributed by atoms with Crippen molar-refractivity contribution in [1.82, 2.24) is 20.0 Å². The van der Waals surface area contributed by atoms with Gasteiger partial charge in [0.2, 0.25) is 0 Å². The van der Waals surface area contributed by atoms with Gasteiger partial charge in [-0.15, -0.1) is 16.8 Å². The van der Waals surface area contributed by atoms with Crippen LogP contribution in [0, 0.1) is 17.3 Å². The molecule has 0 bridgehead atoms. The molecule has 0 aromatic carbocycles. The van der Waals surface area contributed by atoms with Crippen LogP contribution in [0.3, 0.4) is 0 Å². The summed E-state index contributed by atoms with van der Waals surface area (Å²) in [6, 6.07) is 0. The molecular formula is C23H30N4S. The lowest BCUT2D eigenvalue weighted by Gasteiger charge is -2.29. The van der Waals surface area contributed by atoms with Crippen molar-refractivity contribution in [3.63, 3.8) is 0 Å². The predicted molar refractivity (Wildman–Crippen MR) is 117 cm³/mol.